The van der Waals surface area contributed by atoms with Gasteiger partial charge >= 0.3 is 5.76 Å². The summed E-state index contributed by atoms with van der Waals surface area (Å²) in [5, 5.41) is 2.72. The van der Waals surface area contributed by atoms with Crippen molar-refractivity contribution < 1.29 is 27.1 Å². The number of benzene rings is 2. The third kappa shape index (κ3) is 5.70. The number of methoxy groups -OCH3 is 2. The lowest BCUT2D eigenvalue weighted by molar-refractivity contribution is -0.117. The van der Waals surface area contributed by atoms with Gasteiger partial charge in [0.05, 0.1) is 24.6 Å². The number of hydrogen-bond donors (Lipinski definition) is 2. The standard InChI is InChI=1S/C21H25N3O7S2/c1-24-18-6-5-16(12-19(18)31-21(24)26)33(27,28)23-17(7-8-32-4)20(25)22-13-9-14(29-2)11-15(10-13)30-3/h5-6,9-12,17,23H,7-8H2,1-4H3,(H,22,25). The zero-order valence-corrected chi connectivity index (χ0v) is 20.2. The molecular formula is C21H25N3O7S2. The van der Waals surface area contributed by atoms with Gasteiger partial charge in [-0.1, -0.05) is 0 Å². The second-order valence-corrected chi connectivity index (χ2v) is 9.80. The first-order chi connectivity index (χ1) is 15.7. The van der Waals surface area contributed by atoms with Crippen LogP contribution in [0.15, 0.2) is 50.5 Å². The van der Waals surface area contributed by atoms with Crippen molar-refractivity contribution in [3.05, 3.63) is 46.9 Å². The van der Waals surface area contributed by atoms with E-state index in [0.717, 1.165) is 0 Å². The fourth-order valence-electron chi connectivity index (χ4n) is 3.12. The van der Waals surface area contributed by atoms with Gasteiger partial charge in [-0.3, -0.25) is 9.36 Å². The first-order valence-electron chi connectivity index (χ1n) is 9.83. The van der Waals surface area contributed by atoms with Gasteiger partial charge in [0, 0.05) is 37.0 Å². The van der Waals surface area contributed by atoms with Gasteiger partial charge in [-0.05, 0) is 30.6 Å². The van der Waals surface area contributed by atoms with Crippen molar-refractivity contribution >= 4 is 44.5 Å². The molecular weight excluding hydrogens is 470 g/mol. The minimum atomic E-state index is -4.09. The Hall–Kier alpha value is -2.96. The number of carbonyl (C=O) groups excluding carboxylic acids is 1. The van der Waals surface area contributed by atoms with E-state index in [-0.39, 0.29) is 16.9 Å². The predicted molar refractivity (Wildman–Crippen MR) is 127 cm³/mol. The summed E-state index contributed by atoms with van der Waals surface area (Å²) in [7, 11) is 0.411. The molecule has 3 rings (SSSR count). The largest absolute Gasteiger partial charge is 0.497 e. The van der Waals surface area contributed by atoms with Gasteiger partial charge in [0.1, 0.15) is 17.5 Å². The van der Waals surface area contributed by atoms with E-state index in [1.54, 1.807) is 18.2 Å². The van der Waals surface area contributed by atoms with Crippen LogP contribution < -0.4 is 25.3 Å². The smallest absolute Gasteiger partial charge is 0.419 e. The predicted octanol–water partition coefficient (Wildman–Crippen LogP) is 2.19. The molecule has 0 aliphatic carbocycles. The minimum absolute atomic E-state index is 0.116. The summed E-state index contributed by atoms with van der Waals surface area (Å²) in [4.78, 5) is 24.6. The highest BCUT2D eigenvalue weighted by Gasteiger charge is 2.26. The number of amides is 1. The molecule has 0 saturated heterocycles. The Morgan fingerprint density at radius 3 is 2.42 bits per heavy atom. The lowest BCUT2D eigenvalue weighted by Gasteiger charge is -2.19. The molecule has 0 aliphatic heterocycles. The lowest BCUT2D eigenvalue weighted by Crippen LogP contribution is -2.44. The van der Waals surface area contributed by atoms with Crippen molar-refractivity contribution in [2.75, 3.05) is 31.5 Å². The second-order valence-electron chi connectivity index (χ2n) is 7.10. The van der Waals surface area contributed by atoms with Gasteiger partial charge in [0.15, 0.2) is 5.58 Å². The fraction of sp³-hybridized carbons (Fsp3) is 0.333. The molecule has 2 aromatic carbocycles. The Morgan fingerprint density at radius 1 is 1.15 bits per heavy atom. The summed E-state index contributed by atoms with van der Waals surface area (Å²) in [6, 6.07) is 7.91. The number of anilines is 1. The van der Waals surface area contributed by atoms with Crippen LogP contribution in [0.25, 0.3) is 11.1 Å². The van der Waals surface area contributed by atoms with E-state index < -0.39 is 27.7 Å². The fourth-order valence-corrected chi connectivity index (χ4v) is 4.84. The SMILES string of the molecule is COc1cc(NC(=O)C(CCSC)NS(=O)(=O)c2ccc3c(c2)oc(=O)n3C)cc(OC)c1. The first kappa shape index (κ1) is 24.7. The topological polar surface area (TPSA) is 129 Å². The van der Waals surface area contributed by atoms with Crippen molar-refractivity contribution in [2.45, 2.75) is 17.4 Å². The van der Waals surface area contributed by atoms with Gasteiger partial charge in [0.2, 0.25) is 15.9 Å². The van der Waals surface area contributed by atoms with Crippen molar-refractivity contribution in [1.29, 1.82) is 0 Å². The molecule has 0 spiro atoms. The van der Waals surface area contributed by atoms with Crippen molar-refractivity contribution in [2.24, 2.45) is 7.05 Å². The normalized spacial score (nSPS) is 12.5. The van der Waals surface area contributed by atoms with E-state index in [1.807, 2.05) is 6.26 Å². The van der Waals surface area contributed by atoms with Crippen molar-refractivity contribution in [3.8, 4) is 11.5 Å². The molecule has 1 unspecified atom stereocenters. The van der Waals surface area contributed by atoms with Crippen molar-refractivity contribution in [3.63, 3.8) is 0 Å². The van der Waals surface area contributed by atoms with Gasteiger partial charge in [0.25, 0.3) is 0 Å². The van der Waals surface area contributed by atoms with Crippen LogP contribution in [0.3, 0.4) is 0 Å². The van der Waals surface area contributed by atoms with E-state index in [2.05, 4.69) is 10.0 Å². The Morgan fingerprint density at radius 2 is 1.82 bits per heavy atom. The third-order valence-electron chi connectivity index (χ3n) is 4.92. The van der Waals surface area contributed by atoms with Crippen LogP contribution in [-0.2, 0) is 21.9 Å². The van der Waals surface area contributed by atoms with Gasteiger partial charge in [-0.2, -0.15) is 16.5 Å². The molecule has 0 fully saturated rings. The maximum atomic E-state index is 13.0. The first-order valence-corrected chi connectivity index (χ1v) is 12.7. The van der Waals surface area contributed by atoms with Crippen molar-refractivity contribution in [1.82, 2.24) is 9.29 Å². The molecule has 3 aromatic rings. The van der Waals surface area contributed by atoms with E-state index in [1.165, 1.54) is 55.8 Å². The number of sulfonamides is 1. The number of aryl methyl sites for hydroxylation is 1. The quantitative estimate of drug-likeness (QED) is 0.438. The maximum absolute atomic E-state index is 13.0. The van der Waals surface area contributed by atoms with Crippen LogP contribution >= 0.6 is 11.8 Å². The monoisotopic (exact) mass is 495 g/mol. The molecule has 1 atom stereocenters. The molecule has 178 valence electrons. The third-order valence-corrected chi connectivity index (χ3v) is 7.03. The number of ether oxygens (including phenoxy) is 2. The highest BCUT2D eigenvalue weighted by atomic mass is 32.2. The highest BCUT2D eigenvalue weighted by Crippen LogP contribution is 2.26. The molecule has 10 nitrogen and oxygen atoms in total. The average Bonchev–Trinajstić information content (AvgIpc) is 3.08. The summed E-state index contributed by atoms with van der Waals surface area (Å²) < 4.78 is 45.3. The molecule has 1 amide bonds. The molecule has 1 aromatic heterocycles. The van der Waals surface area contributed by atoms with Crippen LogP contribution in [0.4, 0.5) is 5.69 Å². The van der Waals surface area contributed by atoms with E-state index in [9.17, 15) is 18.0 Å². The van der Waals surface area contributed by atoms with Gasteiger partial charge in [-0.25, -0.2) is 13.2 Å². The van der Waals surface area contributed by atoms with E-state index in [0.29, 0.717) is 28.5 Å². The molecule has 2 N–H and O–H groups in total. The van der Waals surface area contributed by atoms with Crippen LogP contribution in [0.5, 0.6) is 11.5 Å². The highest BCUT2D eigenvalue weighted by molar-refractivity contribution is 7.98. The zero-order chi connectivity index (χ0) is 24.2. The number of oxazole rings is 1. The average molecular weight is 496 g/mol. The molecule has 0 saturated carbocycles. The van der Waals surface area contributed by atoms with E-state index >= 15 is 0 Å². The zero-order valence-electron chi connectivity index (χ0n) is 18.6. The molecule has 0 bridgehead atoms. The number of fused-ring (bicyclic) bond motifs is 1. The molecule has 1 heterocycles. The van der Waals surface area contributed by atoms with Gasteiger partial charge < -0.3 is 19.2 Å². The molecule has 0 aliphatic rings. The van der Waals surface area contributed by atoms with E-state index in [4.69, 9.17) is 13.9 Å². The van der Waals surface area contributed by atoms with Crippen LogP contribution in [0.1, 0.15) is 6.42 Å². The maximum Gasteiger partial charge on any atom is 0.419 e. The second kappa shape index (κ2) is 10.3. The number of rotatable bonds is 10. The Bertz CT molecular complexity index is 1290. The molecule has 33 heavy (non-hydrogen) atoms. The van der Waals surface area contributed by atoms with Crippen LogP contribution in [-0.4, -0.2) is 51.2 Å². The lowest BCUT2D eigenvalue weighted by atomic mass is 10.2. The van der Waals surface area contributed by atoms with Crippen LogP contribution in [0, 0.1) is 0 Å². The number of carbonyl (C=O) groups is 1. The summed E-state index contributed by atoms with van der Waals surface area (Å²) >= 11 is 1.49. The minimum Gasteiger partial charge on any atom is -0.497 e. The number of aromatic nitrogens is 1. The Labute approximate surface area is 195 Å². The molecule has 12 heteroatoms. The van der Waals surface area contributed by atoms with Gasteiger partial charge in [-0.15, -0.1) is 0 Å². The number of hydrogen-bond acceptors (Lipinski definition) is 8. The number of nitrogens with zero attached hydrogens (tertiary/aromatic N) is 1. The summed E-state index contributed by atoms with van der Waals surface area (Å²) in [6.07, 6.45) is 2.12. The summed E-state index contributed by atoms with van der Waals surface area (Å²) in [5.74, 6) is 0.370. The van der Waals surface area contributed by atoms with Crippen LogP contribution in [0.2, 0.25) is 0 Å². The molecule has 0 radical (unpaired) electrons. The Kier molecular flexibility index (Phi) is 7.72. The summed E-state index contributed by atoms with van der Waals surface area (Å²) in [5.41, 5.74) is 0.999. The number of thioether (sulfide) groups is 1. The summed E-state index contributed by atoms with van der Waals surface area (Å²) in [6.45, 7) is 0. The Balaban J connectivity index is 1.86. The number of nitrogens with one attached hydrogen (secondary N) is 2.